The van der Waals surface area contributed by atoms with Gasteiger partial charge >= 0.3 is 5.97 Å². The zero-order chi connectivity index (χ0) is 21.0. The van der Waals surface area contributed by atoms with E-state index in [1.54, 1.807) is 26.4 Å². The fraction of sp³-hybridized carbons (Fsp3) is 0.450. The van der Waals surface area contributed by atoms with Crippen LogP contribution in [0.5, 0.6) is 11.5 Å². The first-order chi connectivity index (χ1) is 14.0. The molecule has 3 rings (SSSR count). The molecule has 0 aliphatic carbocycles. The van der Waals surface area contributed by atoms with Crippen molar-refractivity contribution in [3.63, 3.8) is 0 Å². The van der Waals surface area contributed by atoms with Crippen molar-refractivity contribution in [3.8, 4) is 23.0 Å². The van der Waals surface area contributed by atoms with Crippen LogP contribution in [0, 0.1) is 6.92 Å². The number of aryl methyl sites for hydroxylation is 1. The highest BCUT2D eigenvalue weighted by molar-refractivity contribution is 5.87. The molecule has 1 atom stereocenters. The van der Waals surface area contributed by atoms with Gasteiger partial charge in [-0.2, -0.15) is 0 Å². The third-order valence-electron chi connectivity index (χ3n) is 4.91. The lowest BCUT2D eigenvalue weighted by Crippen LogP contribution is -2.55. The van der Waals surface area contributed by atoms with Gasteiger partial charge in [0.05, 0.1) is 39.0 Å². The van der Waals surface area contributed by atoms with E-state index in [0.29, 0.717) is 54.0 Å². The Morgan fingerprint density at radius 2 is 2.10 bits per heavy atom. The van der Waals surface area contributed by atoms with Crippen LogP contribution < -0.4 is 14.8 Å². The quantitative estimate of drug-likeness (QED) is 0.695. The van der Waals surface area contributed by atoms with Gasteiger partial charge in [-0.25, -0.2) is 4.98 Å². The molecule has 1 aromatic heterocycles. The summed E-state index contributed by atoms with van der Waals surface area (Å²) in [5, 5.41) is 2.79. The summed E-state index contributed by atoms with van der Waals surface area (Å²) in [6.45, 7) is 3.30. The lowest BCUT2D eigenvalue weighted by Gasteiger charge is -2.33. The minimum Gasteiger partial charge on any atom is -0.497 e. The molecule has 2 aromatic rings. The van der Waals surface area contributed by atoms with Crippen LogP contribution in [0.4, 0.5) is 0 Å². The highest BCUT2D eigenvalue weighted by Crippen LogP contribution is 2.34. The maximum Gasteiger partial charge on any atom is 0.307 e. The average molecular weight is 403 g/mol. The first kappa shape index (κ1) is 20.7. The summed E-state index contributed by atoms with van der Waals surface area (Å²) in [7, 11) is 4.46. The molecule has 0 unspecified atom stereocenters. The van der Waals surface area contributed by atoms with Crippen molar-refractivity contribution in [1.82, 2.24) is 15.2 Å². The Hall–Kier alpha value is -3.07. The zero-order valence-corrected chi connectivity index (χ0v) is 17.0. The molecule has 1 fully saturated rings. The lowest BCUT2D eigenvalue weighted by atomic mass is 10.1. The molecule has 9 heteroatoms. The second-order valence-electron chi connectivity index (χ2n) is 6.65. The number of esters is 1. The van der Waals surface area contributed by atoms with Crippen molar-refractivity contribution < 1.29 is 28.2 Å². The van der Waals surface area contributed by atoms with E-state index in [2.05, 4.69) is 10.3 Å². The van der Waals surface area contributed by atoms with Gasteiger partial charge in [-0.1, -0.05) is 0 Å². The van der Waals surface area contributed by atoms with Crippen molar-refractivity contribution in [2.24, 2.45) is 0 Å². The van der Waals surface area contributed by atoms with Gasteiger partial charge in [0.2, 0.25) is 11.8 Å². The van der Waals surface area contributed by atoms with E-state index in [1.165, 1.54) is 7.11 Å². The number of nitrogens with zero attached hydrogens (tertiary/aromatic N) is 2. The van der Waals surface area contributed by atoms with Crippen molar-refractivity contribution >= 4 is 11.9 Å². The average Bonchev–Trinajstić information content (AvgIpc) is 3.09. The van der Waals surface area contributed by atoms with Crippen LogP contribution in [-0.2, 0) is 20.9 Å². The van der Waals surface area contributed by atoms with Gasteiger partial charge in [0.25, 0.3) is 0 Å². The number of hydrogen-bond acceptors (Lipinski definition) is 8. The Morgan fingerprint density at radius 1 is 1.31 bits per heavy atom. The topological polar surface area (TPSA) is 103 Å². The van der Waals surface area contributed by atoms with Crippen LogP contribution in [0.3, 0.4) is 0 Å². The van der Waals surface area contributed by atoms with E-state index in [0.717, 1.165) is 0 Å². The first-order valence-corrected chi connectivity index (χ1v) is 9.24. The van der Waals surface area contributed by atoms with Gasteiger partial charge in [-0.15, -0.1) is 0 Å². The molecule has 156 valence electrons. The second kappa shape index (κ2) is 8.95. The van der Waals surface area contributed by atoms with E-state index < -0.39 is 12.0 Å². The molecular formula is C20H25N3O6. The molecule has 0 bridgehead atoms. The van der Waals surface area contributed by atoms with Gasteiger partial charge in [0.1, 0.15) is 23.3 Å². The predicted molar refractivity (Wildman–Crippen MR) is 104 cm³/mol. The monoisotopic (exact) mass is 403 g/mol. The number of carbonyl (C=O) groups excluding carboxylic acids is 2. The summed E-state index contributed by atoms with van der Waals surface area (Å²) in [5.41, 5.74) is 1.40. The van der Waals surface area contributed by atoms with Crippen molar-refractivity contribution in [3.05, 3.63) is 29.7 Å². The second-order valence-corrected chi connectivity index (χ2v) is 6.65. The number of benzene rings is 1. The maximum atomic E-state index is 12.3. The fourth-order valence-corrected chi connectivity index (χ4v) is 3.27. The summed E-state index contributed by atoms with van der Waals surface area (Å²) >= 11 is 0. The molecule has 1 amide bonds. The fourth-order valence-electron chi connectivity index (χ4n) is 3.27. The highest BCUT2D eigenvalue weighted by atomic mass is 16.5. The van der Waals surface area contributed by atoms with Crippen molar-refractivity contribution in [2.45, 2.75) is 25.9 Å². The number of carbonyl (C=O) groups is 2. The Balaban J connectivity index is 1.85. The Labute approximate surface area is 168 Å². The summed E-state index contributed by atoms with van der Waals surface area (Å²) in [6.07, 6.45) is -0.0155. The van der Waals surface area contributed by atoms with Gasteiger partial charge in [-0.05, 0) is 19.1 Å². The smallest absolute Gasteiger partial charge is 0.307 e. The largest absolute Gasteiger partial charge is 0.497 e. The zero-order valence-electron chi connectivity index (χ0n) is 17.0. The number of piperazine rings is 1. The van der Waals surface area contributed by atoms with E-state index in [9.17, 15) is 9.59 Å². The molecule has 2 heterocycles. The molecule has 0 saturated carbocycles. The van der Waals surface area contributed by atoms with E-state index >= 15 is 0 Å². The summed E-state index contributed by atoms with van der Waals surface area (Å²) < 4.78 is 21.3. The molecule has 1 N–H and O–H groups in total. The number of aromatic nitrogens is 1. The molecule has 1 aliphatic heterocycles. The third kappa shape index (κ3) is 4.51. The molecule has 1 aromatic carbocycles. The summed E-state index contributed by atoms with van der Waals surface area (Å²) in [5.74, 6) is 1.68. The van der Waals surface area contributed by atoms with Crippen molar-refractivity contribution in [1.29, 1.82) is 0 Å². The normalized spacial score (nSPS) is 17.0. The standard InChI is InChI=1S/C20H25N3O6/c1-12-15(11-23-8-7-21-19(25)16(23)10-18(24)28-4)22-20(29-12)14-6-5-13(26-2)9-17(14)27-3/h5-6,9,16H,7-8,10-11H2,1-4H3,(H,21,25)/t16-/m1/s1. The van der Waals surface area contributed by atoms with Crippen LogP contribution in [0.1, 0.15) is 17.9 Å². The van der Waals surface area contributed by atoms with E-state index in [1.807, 2.05) is 17.9 Å². The third-order valence-corrected chi connectivity index (χ3v) is 4.91. The predicted octanol–water partition coefficient (Wildman–Crippen LogP) is 1.53. The molecule has 0 spiro atoms. The Morgan fingerprint density at radius 3 is 2.79 bits per heavy atom. The minimum absolute atomic E-state index is 0.0155. The van der Waals surface area contributed by atoms with Gasteiger partial charge in [0.15, 0.2) is 0 Å². The highest BCUT2D eigenvalue weighted by Gasteiger charge is 2.33. The molecular weight excluding hydrogens is 378 g/mol. The van der Waals surface area contributed by atoms with Crippen LogP contribution in [0.25, 0.3) is 11.5 Å². The summed E-state index contributed by atoms with van der Waals surface area (Å²) in [4.78, 5) is 30.5. The van der Waals surface area contributed by atoms with Crippen LogP contribution in [0.2, 0.25) is 0 Å². The Bertz CT molecular complexity index is 894. The van der Waals surface area contributed by atoms with E-state index in [-0.39, 0.29) is 12.3 Å². The first-order valence-electron chi connectivity index (χ1n) is 9.24. The summed E-state index contributed by atoms with van der Waals surface area (Å²) in [6, 6.07) is 4.78. The number of ether oxygens (including phenoxy) is 3. The molecule has 0 radical (unpaired) electrons. The molecule has 1 saturated heterocycles. The lowest BCUT2D eigenvalue weighted by molar-refractivity contribution is -0.146. The number of hydrogen-bond donors (Lipinski definition) is 1. The molecule has 1 aliphatic rings. The number of methoxy groups -OCH3 is 3. The van der Waals surface area contributed by atoms with Gasteiger partial charge in [-0.3, -0.25) is 14.5 Å². The maximum absolute atomic E-state index is 12.3. The van der Waals surface area contributed by atoms with Crippen LogP contribution in [0.15, 0.2) is 22.6 Å². The molecule has 29 heavy (non-hydrogen) atoms. The minimum atomic E-state index is -0.605. The van der Waals surface area contributed by atoms with Crippen molar-refractivity contribution in [2.75, 3.05) is 34.4 Å². The number of amides is 1. The molecule has 9 nitrogen and oxygen atoms in total. The Kier molecular flexibility index (Phi) is 6.38. The SMILES string of the molecule is COC(=O)C[C@@H]1C(=O)NCCN1Cc1nc(-c2ccc(OC)cc2OC)oc1C. The number of rotatable bonds is 7. The van der Waals surface area contributed by atoms with Crippen LogP contribution >= 0.6 is 0 Å². The number of oxazole rings is 1. The van der Waals surface area contributed by atoms with Gasteiger partial charge in [0, 0.05) is 25.7 Å². The van der Waals surface area contributed by atoms with Crippen LogP contribution in [-0.4, -0.2) is 62.2 Å². The van der Waals surface area contributed by atoms with Gasteiger partial charge < -0.3 is 23.9 Å². The number of nitrogens with one attached hydrogen (secondary N) is 1. The van der Waals surface area contributed by atoms with E-state index in [4.69, 9.17) is 18.6 Å².